The zero-order chi connectivity index (χ0) is 14.0. The molecular formula is C16H22O2. The van der Waals surface area contributed by atoms with Crippen molar-refractivity contribution in [2.45, 2.75) is 53.6 Å². The summed E-state index contributed by atoms with van der Waals surface area (Å²) in [6.07, 6.45) is 6.36. The summed E-state index contributed by atoms with van der Waals surface area (Å²) in [5, 5.41) is 0. The maximum absolute atomic E-state index is 12.1. The number of carbonyl (C=O) groups is 1. The molecule has 0 saturated heterocycles. The van der Waals surface area contributed by atoms with Crippen LogP contribution in [0, 0.1) is 40.9 Å². The second-order valence-electron chi connectivity index (χ2n) is 5.93. The second kappa shape index (κ2) is 5.07. The van der Waals surface area contributed by atoms with E-state index in [1.165, 1.54) is 0 Å². The van der Waals surface area contributed by atoms with Gasteiger partial charge in [0.2, 0.25) is 6.10 Å². The van der Waals surface area contributed by atoms with Gasteiger partial charge in [-0.05, 0) is 29.1 Å². The van der Waals surface area contributed by atoms with Crippen LogP contribution in [0.3, 0.4) is 0 Å². The first-order valence-corrected chi connectivity index (χ1v) is 6.44. The van der Waals surface area contributed by atoms with Gasteiger partial charge in [-0.3, -0.25) is 4.79 Å². The number of terminal acetylenes is 1. The quantitative estimate of drug-likeness (QED) is 0.565. The molecule has 0 aromatic carbocycles. The lowest BCUT2D eigenvalue weighted by molar-refractivity contribution is -0.147. The normalized spacial score (nSPS) is 21.1. The van der Waals surface area contributed by atoms with Gasteiger partial charge in [-0.2, -0.15) is 0 Å². The molecule has 0 aromatic heterocycles. The molecule has 1 atom stereocenters. The molecule has 2 nitrogen and oxygen atoms in total. The number of carbonyl (C=O) groups excluding carboxylic acids is 1. The maximum Gasteiger partial charge on any atom is 0.312 e. The van der Waals surface area contributed by atoms with Gasteiger partial charge in [-0.1, -0.05) is 40.5 Å². The first kappa shape index (κ1) is 14.7. The van der Waals surface area contributed by atoms with Crippen molar-refractivity contribution in [3.05, 3.63) is 0 Å². The number of rotatable bonds is 3. The Morgan fingerprint density at radius 2 is 1.89 bits per heavy atom. The first-order chi connectivity index (χ1) is 8.29. The minimum atomic E-state index is -0.712. The topological polar surface area (TPSA) is 26.3 Å². The summed E-state index contributed by atoms with van der Waals surface area (Å²) in [6, 6.07) is 0. The molecule has 1 fully saturated rings. The third-order valence-corrected chi connectivity index (χ3v) is 4.25. The van der Waals surface area contributed by atoms with E-state index in [0.717, 1.165) is 12.8 Å². The van der Waals surface area contributed by atoms with E-state index in [1.54, 1.807) is 0 Å². The van der Waals surface area contributed by atoms with E-state index >= 15 is 0 Å². The van der Waals surface area contributed by atoms with Gasteiger partial charge in [0.15, 0.2) is 0 Å². The van der Waals surface area contributed by atoms with Gasteiger partial charge in [0.1, 0.15) is 0 Å². The summed E-state index contributed by atoms with van der Waals surface area (Å²) in [5.74, 6) is 7.83. The van der Waals surface area contributed by atoms with Gasteiger partial charge >= 0.3 is 5.97 Å². The van der Waals surface area contributed by atoms with E-state index < -0.39 is 6.10 Å². The molecule has 0 bridgehead atoms. The van der Waals surface area contributed by atoms with Gasteiger partial charge in [-0.15, -0.1) is 6.42 Å². The van der Waals surface area contributed by atoms with Crippen molar-refractivity contribution in [1.29, 1.82) is 0 Å². The molecule has 1 rings (SSSR count). The Balaban J connectivity index is 2.62. The van der Waals surface area contributed by atoms with Gasteiger partial charge in [-0.25, -0.2) is 0 Å². The zero-order valence-corrected chi connectivity index (χ0v) is 12.0. The van der Waals surface area contributed by atoms with Crippen LogP contribution in [0.4, 0.5) is 0 Å². The molecule has 98 valence electrons. The van der Waals surface area contributed by atoms with Crippen LogP contribution in [-0.2, 0) is 9.53 Å². The number of unbranched alkanes of at least 4 members (excludes halogenated alkanes) is 1. The molecule has 1 unspecified atom stereocenters. The molecular weight excluding hydrogens is 224 g/mol. The van der Waals surface area contributed by atoms with Crippen LogP contribution in [0.25, 0.3) is 0 Å². The minimum Gasteiger partial charge on any atom is -0.437 e. The van der Waals surface area contributed by atoms with Gasteiger partial charge in [0.05, 0.1) is 5.92 Å². The zero-order valence-electron chi connectivity index (χ0n) is 12.0. The largest absolute Gasteiger partial charge is 0.437 e. The standard InChI is InChI=1S/C16H22O2/c1-7-9-10-11-12(8-2)18-14(17)13-15(3,4)16(13,5)6/h2,12-13H,7,9H2,1,3-6H3. The fourth-order valence-corrected chi connectivity index (χ4v) is 2.36. The SMILES string of the molecule is C#CC(C#CCCC)OC(=O)C1C(C)(C)C1(C)C. The summed E-state index contributed by atoms with van der Waals surface area (Å²) in [4.78, 5) is 12.1. The van der Waals surface area contributed by atoms with Crippen LogP contribution < -0.4 is 0 Å². The van der Waals surface area contributed by atoms with Crippen molar-refractivity contribution >= 4 is 5.97 Å². The minimum absolute atomic E-state index is 0.0277. The number of ether oxygens (including phenoxy) is 1. The summed E-state index contributed by atoms with van der Waals surface area (Å²) in [7, 11) is 0. The fraction of sp³-hybridized carbons (Fsp3) is 0.688. The van der Waals surface area contributed by atoms with Gasteiger partial charge in [0, 0.05) is 6.42 Å². The van der Waals surface area contributed by atoms with Crippen molar-refractivity contribution in [1.82, 2.24) is 0 Å². The number of hydrogen-bond donors (Lipinski definition) is 0. The lowest BCUT2D eigenvalue weighted by atomic mass is 10.0. The lowest BCUT2D eigenvalue weighted by Crippen LogP contribution is -2.18. The Kier molecular flexibility index (Phi) is 4.12. The number of esters is 1. The van der Waals surface area contributed by atoms with Crippen LogP contribution >= 0.6 is 0 Å². The Morgan fingerprint density at radius 3 is 2.28 bits per heavy atom. The molecule has 2 heteroatoms. The number of hydrogen-bond acceptors (Lipinski definition) is 2. The van der Waals surface area contributed by atoms with Gasteiger partial charge in [0.25, 0.3) is 0 Å². The Hall–Kier alpha value is -1.41. The van der Waals surface area contributed by atoms with E-state index in [0.29, 0.717) is 0 Å². The average Bonchev–Trinajstić information content (AvgIpc) is 2.68. The highest BCUT2D eigenvalue weighted by atomic mass is 16.5. The molecule has 0 heterocycles. The van der Waals surface area contributed by atoms with Gasteiger partial charge < -0.3 is 4.74 Å². The van der Waals surface area contributed by atoms with Crippen molar-refractivity contribution < 1.29 is 9.53 Å². The summed E-state index contributed by atoms with van der Waals surface area (Å²) in [5.41, 5.74) is -0.0554. The monoisotopic (exact) mass is 246 g/mol. The highest BCUT2D eigenvalue weighted by Crippen LogP contribution is 2.68. The average molecular weight is 246 g/mol. The molecule has 18 heavy (non-hydrogen) atoms. The molecule has 0 aliphatic heterocycles. The molecule has 0 spiro atoms. The van der Waals surface area contributed by atoms with E-state index in [1.807, 2.05) is 6.92 Å². The second-order valence-corrected chi connectivity index (χ2v) is 5.93. The highest BCUT2D eigenvalue weighted by Gasteiger charge is 2.69. The Bertz CT molecular complexity index is 412. The summed E-state index contributed by atoms with van der Waals surface area (Å²) >= 11 is 0. The molecule has 1 saturated carbocycles. The predicted molar refractivity (Wildman–Crippen MR) is 72.4 cm³/mol. The first-order valence-electron chi connectivity index (χ1n) is 6.44. The maximum atomic E-state index is 12.1. The van der Waals surface area contributed by atoms with E-state index in [-0.39, 0.29) is 22.7 Å². The molecule has 1 aliphatic rings. The summed E-state index contributed by atoms with van der Waals surface area (Å²) < 4.78 is 5.29. The van der Waals surface area contributed by atoms with Crippen molar-refractivity contribution in [2.24, 2.45) is 16.7 Å². The molecule has 0 radical (unpaired) electrons. The van der Waals surface area contributed by atoms with Crippen molar-refractivity contribution in [2.75, 3.05) is 0 Å². The van der Waals surface area contributed by atoms with Crippen LogP contribution in [0.2, 0.25) is 0 Å². The van der Waals surface area contributed by atoms with Crippen molar-refractivity contribution in [3.63, 3.8) is 0 Å². The van der Waals surface area contributed by atoms with E-state index in [4.69, 9.17) is 11.2 Å². The van der Waals surface area contributed by atoms with Crippen LogP contribution in [-0.4, -0.2) is 12.1 Å². The lowest BCUT2D eigenvalue weighted by Gasteiger charge is -2.07. The highest BCUT2D eigenvalue weighted by molar-refractivity contribution is 5.79. The smallest absolute Gasteiger partial charge is 0.312 e. The predicted octanol–water partition coefficient (Wildman–Crippen LogP) is 3.02. The molecule has 0 N–H and O–H groups in total. The molecule has 0 aromatic rings. The third-order valence-electron chi connectivity index (χ3n) is 4.25. The Labute approximate surface area is 110 Å². The van der Waals surface area contributed by atoms with E-state index in [2.05, 4.69) is 45.5 Å². The van der Waals surface area contributed by atoms with Crippen LogP contribution in [0.1, 0.15) is 47.5 Å². The molecule has 0 amide bonds. The summed E-state index contributed by atoms with van der Waals surface area (Å²) in [6.45, 7) is 10.3. The fourth-order valence-electron chi connectivity index (χ4n) is 2.36. The van der Waals surface area contributed by atoms with Crippen LogP contribution in [0.5, 0.6) is 0 Å². The molecule has 1 aliphatic carbocycles. The Morgan fingerprint density at radius 1 is 1.33 bits per heavy atom. The van der Waals surface area contributed by atoms with E-state index in [9.17, 15) is 4.79 Å². The third kappa shape index (κ3) is 2.54. The van der Waals surface area contributed by atoms with Crippen molar-refractivity contribution in [3.8, 4) is 24.2 Å². The van der Waals surface area contributed by atoms with Crippen LogP contribution in [0.15, 0.2) is 0 Å².